The number of sulfonamides is 1. The minimum atomic E-state index is -3.66. The molecule has 2 amide bonds. The highest BCUT2D eigenvalue weighted by atomic mass is 32.2. The number of aryl methyl sites for hydroxylation is 2. The molecule has 8 nitrogen and oxygen atoms in total. The van der Waals surface area contributed by atoms with Crippen LogP contribution in [0.5, 0.6) is 0 Å². The molecule has 0 aromatic heterocycles. The zero-order valence-electron chi connectivity index (χ0n) is 22.2. The zero-order chi connectivity index (χ0) is 27.4. The molecule has 0 atom stereocenters. The number of fused-ring (bicyclic) bond motifs is 1. The summed E-state index contributed by atoms with van der Waals surface area (Å²) in [5.74, 6) is -0.134. The number of benzene rings is 3. The fourth-order valence-corrected chi connectivity index (χ4v) is 6.61. The summed E-state index contributed by atoms with van der Waals surface area (Å²) in [4.78, 5) is 29.6. The van der Waals surface area contributed by atoms with E-state index < -0.39 is 10.0 Å². The van der Waals surface area contributed by atoms with Crippen molar-refractivity contribution in [2.45, 2.75) is 30.6 Å². The number of amides is 2. The minimum absolute atomic E-state index is 0.0101. The first kappa shape index (κ1) is 26.9. The first-order valence-electron chi connectivity index (χ1n) is 13.4. The summed E-state index contributed by atoms with van der Waals surface area (Å²) in [6.45, 7) is 3.63. The van der Waals surface area contributed by atoms with Crippen LogP contribution in [0.15, 0.2) is 77.7 Å². The van der Waals surface area contributed by atoms with Gasteiger partial charge in [0.2, 0.25) is 5.91 Å². The predicted octanol–water partition coefficient (Wildman–Crippen LogP) is 3.79. The Bertz CT molecular complexity index is 1430. The molecule has 204 valence electrons. The molecule has 39 heavy (non-hydrogen) atoms. The van der Waals surface area contributed by atoms with Crippen molar-refractivity contribution in [3.63, 3.8) is 0 Å². The molecule has 2 aliphatic rings. The Kier molecular flexibility index (Phi) is 7.99. The summed E-state index contributed by atoms with van der Waals surface area (Å²) >= 11 is 0. The molecule has 0 radical (unpaired) electrons. The number of nitrogens with zero attached hydrogens (tertiary/aromatic N) is 3. The molecule has 2 aliphatic heterocycles. The Hall–Kier alpha value is -3.69. The van der Waals surface area contributed by atoms with Crippen molar-refractivity contribution < 1.29 is 18.0 Å². The molecule has 0 aliphatic carbocycles. The number of anilines is 2. The van der Waals surface area contributed by atoms with Gasteiger partial charge in [-0.2, -0.15) is 0 Å². The van der Waals surface area contributed by atoms with E-state index in [2.05, 4.69) is 17.3 Å². The Morgan fingerprint density at radius 2 is 1.54 bits per heavy atom. The fraction of sp³-hybridized carbons (Fsp3) is 0.333. The number of carbonyl (C=O) groups excluding carboxylic acids is 2. The predicted molar refractivity (Wildman–Crippen MR) is 153 cm³/mol. The zero-order valence-corrected chi connectivity index (χ0v) is 23.0. The van der Waals surface area contributed by atoms with Crippen molar-refractivity contribution in [3.05, 3.63) is 89.5 Å². The highest BCUT2D eigenvalue weighted by molar-refractivity contribution is 7.92. The third-order valence-electron chi connectivity index (χ3n) is 7.43. The number of hydrogen-bond acceptors (Lipinski definition) is 5. The molecule has 0 saturated carbocycles. The first-order valence-corrected chi connectivity index (χ1v) is 14.8. The van der Waals surface area contributed by atoms with Crippen LogP contribution in [0.25, 0.3) is 0 Å². The lowest BCUT2D eigenvalue weighted by molar-refractivity contribution is -0.116. The van der Waals surface area contributed by atoms with Crippen LogP contribution in [0.2, 0.25) is 0 Å². The molecular weight excluding hydrogens is 512 g/mol. The minimum Gasteiger partial charge on any atom is -0.336 e. The van der Waals surface area contributed by atoms with Gasteiger partial charge in [0.1, 0.15) is 0 Å². The lowest BCUT2D eigenvalue weighted by Gasteiger charge is -2.32. The average molecular weight is 547 g/mol. The van der Waals surface area contributed by atoms with E-state index in [1.54, 1.807) is 48.5 Å². The van der Waals surface area contributed by atoms with Crippen LogP contribution in [-0.4, -0.2) is 69.8 Å². The highest BCUT2D eigenvalue weighted by Crippen LogP contribution is 2.31. The molecule has 0 spiro atoms. The monoisotopic (exact) mass is 546 g/mol. The van der Waals surface area contributed by atoms with Crippen molar-refractivity contribution >= 4 is 33.2 Å². The van der Waals surface area contributed by atoms with E-state index in [4.69, 9.17) is 0 Å². The molecule has 3 aromatic carbocycles. The van der Waals surface area contributed by atoms with E-state index >= 15 is 0 Å². The van der Waals surface area contributed by atoms with Crippen LogP contribution >= 0.6 is 0 Å². The Labute approximate surface area is 230 Å². The standard InChI is InChI=1S/C30H34N4O4S/c1-32-19-21-33(22-20-32)30(36)25-11-13-26(14-12-25)31-29(35)17-10-23-8-15-27(16-9-23)39(37,38)34-18-4-6-24-5-2-3-7-28(24)34/h2-3,5,7-9,11-16H,4,6,10,17-22H2,1H3,(H,31,35). The van der Waals surface area contributed by atoms with Crippen molar-refractivity contribution in [2.75, 3.05) is 49.4 Å². The molecule has 0 bridgehead atoms. The van der Waals surface area contributed by atoms with Gasteiger partial charge in [0.05, 0.1) is 10.6 Å². The quantitative estimate of drug-likeness (QED) is 0.487. The molecule has 3 aromatic rings. The molecular formula is C30H34N4O4S. The summed E-state index contributed by atoms with van der Waals surface area (Å²) < 4.78 is 28.2. The number of rotatable bonds is 7. The maximum Gasteiger partial charge on any atom is 0.264 e. The van der Waals surface area contributed by atoms with Crippen LogP contribution in [-0.2, 0) is 27.7 Å². The SMILES string of the molecule is CN1CCN(C(=O)c2ccc(NC(=O)CCc3ccc(S(=O)(=O)N4CCCc5ccccc54)cc3)cc2)CC1. The smallest absolute Gasteiger partial charge is 0.264 e. The Morgan fingerprint density at radius 1 is 0.846 bits per heavy atom. The lowest BCUT2D eigenvalue weighted by Crippen LogP contribution is -2.47. The van der Waals surface area contributed by atoms with Crippen LogP contribution in [0.3, 0.4) is 0 Å². The molecule has 9 heteroatoms. The summed E-state index contributed by atoms with van der Waals surface area (Å²) in [7, 11) is -1.61. The second-order valence-corrected chi connectivity index (χ2v) is 12.0. The van der Waals surface area contributed by atoms with Gasteiger partial charge in [-0.05, 0) is 79.9 Å². The second kappa shape index (κ2) is 11.6. The molecule has 2 heterocycles. The van der Waals surface area contributed by atoms with Gasteiger partial charge in [0.15, 0.2) is 0 Å². The summed E-state index contributed by atoms with van der Waals surface area (Å²) in [6, 6.07) is 21.4. The maximum atomic E-state index is 13.3. The fourth-order valence-electron chi connectivity index (χ4n) is 5.07. The van der Waals surface area contributed by atoms with E-state index in [0.29, 0.717) is 37.3 Å². The van der Waals surface area contributed by atoms with Gasteiger partial charge in [-0.25, -0.2) is 8.42 Å². The largest absolute Gasteiger partial charge is 0.336 e. The Morgan fingerprint density at radius 3 is 2.26 bits per heavy atom. The van der Waals surface area contributed by atoms with Crippen LogP contribution < -0.4 is 9.62 Å². The first-order chi connectivity index (χ1) is 18.8. The van der Waals surface area contributed by atoms with Crippen molar-refractivity contribution in [1.82, 2.24) is 9.80 Å². The van der Waals surface area contributed by atoms with Gasteiger partial charge in [-0.15, -0.1) is 0 Å². The van der Waals surface area contributed by atoms with E-state index in [0.717, 1.165) is 42.7 Å². The van der Waals surface area contributed by atoms with Crippen molar-refractivity contribution in [3.8, 4) is 0 Å². The number of piperazine rings is 1. The number of likely N-dealkylation sites (N-methyl/N-ethyl adjacent to an activating group) is 1. The van der Waals surface area contributed by atoms with Crippen molar-refractivity contribution in [1.29, 1.82) is 0 Å². The van der Waals surface area contributed by atoms with Gasteiger partial charge >= 0.3 is 0 Å². The summed E-state index contributed by atoms with van der Waals surface area (Å²) in [6.07, 6.45) is 2.41. The Balaban J connectivity index is 1.14. The van der Waals surface area contributed by atoms with E-state index in [1.165, 1.54) is 4.31 Å². The number of hydrogen-bond donors (Lipinski definition) is 1. The molecule has 1 fully saturated rings. The van der Waals surface area contributed by atoms with Gasteiger partial charge in [0.25, 0.3) is 15.9 Å². The summed E-state index contributed by atoms with van der Waals surface area (Å²) in [5, 5.41) is 2.88. The molecule has 1 N–H and O–H groups in total. The summed E-state index contributed by atoms with van der Waals surface area (Å²) in [5.41, 5.74) is 3.93. The van der Waals surface area contributed by atoms with E-state index in [-0.39, 0.29) is 23.1 Å². The molecule has 1 saturated heterocycles. The average Bonchev–Trinajstić information content (AvgIpc) is 2.96. The second-order valence-electron chi connectivity index (χ2n) is 10.2. The van der Waals surface area contributed by atoms with Gasteiger partial charge in [0, 0.05) is 50.4 Å². The third-order valence-corrected chi connectivity index (χ3v) is 9.25. The van der Waals surface area contributed by atoms with Gasteiger partial charge in [-0.1, -0.05) is 30.3 Å². The van der Waals surface area contributed by atoms with Crippen molar-refractivity contribution in [2.24, 2.45) is 0 Å². The lowest BCUT2D eigenvalue weighted by atomic mass is 10.0. The van der Waals surface area contributed by atoms with E-state index in [9.17, 15) is 18.0 Å². The normalized spacial score (nSPS) is 16.0. The van der Waals surface area contributed by atoms with Gasteiger partial charge < -0.3 is 15.1 Å². The third kappa shape index (κ3) is 6.15. The topological polar surface area (TPSA) is 90.0 Å². The van der Waals surface area contributed by atoms with Gasteiger partial charge in [-0.3, -0.25) is 13.9 Å². The molecule has 0 unspecified atom stereocenters. The van der Waals surface area contributed by atoms with E-state index in [1.807, 2.05) is 29.2 Å². The van der Waals surface area contributed by atoms with Crippen LogP contribution in [0, 0.1) is 0 Å². The highest BCUT2D eigenvalue weighted by Gasteiger charge is 2.28. The molecule has 5 rings (SSSR count). The maximum absolute atomic E-state index is 13.3. The van der Waals surface area contributed by atoms with Crippen LogP contribution in [0.4, 0.5) is 11.4 Å². The number of para-hydroxylation sites is 1. The number of carbonyl (C=O) groups is 2. The van der Waals surface area contributed by atoms with Crippen LogP contribution in [0.1, 0.15) is 34.3 Å². The number of nitrogens with one attached hydrogen (secondary N) is 1.